The number of hydrogen-bond acceptors (Lipinski definition) is 7. The van der Waals surface area contributed by atoms with Gasteiger partial charge in [-0.15, -0.1) is 0 Å². The largest absolute Gasteiger partial charge is 0.462 e. The van der Waals surface area contributed by atoms with Crippen molar-refractivity contribution >= 4 is 39.1 Å². The number of likely N-dealkylation sites (N-methyl/N-ethyl adjacent to an activating group) is 2. The fraction of sp³-hybridized carbons (Fsp3) is 0.393. The molecule has 0 aliphatic carbocycles. The molecule has 2 aromatic carbocycles. The summed E-state index contributed by atoms with van der Waals surface area (Å²) in [5, 5.41) is 6.20. The summed E-state index contributed by atoms with van der Waals surface area (Å²) in [5.41, 5.74) is 1.04. The third-order valence-electron chi connectivity index (χ3n) is 7.74. The van der Waals surface area contributed by atoms with Gasteiger partial charge in [-0.2, -0.15) is 9.97 Å². The third-order valence-corrected chi connectivity index (χ3v) is 8.06. The quantitative estimate of drug-likeness (QED) is 0.387. The molecule has 9 heteroatoms. The van der Waals surface area contributed by atoms with Crippen molar-refractivity contribution in [2.75, 3.05) is 45.2 Å². The first-order chi connectivity index (χ1) is 18.0. The number of nitrogens with zero attached hydrogens (tertiary/aromatic N) is 5. The average Bonchev–Trinajstić information content (AvgIpc) is 3.59. The zero-order valence-corrected chi connectivity index (χ0v) is 21.8. The zero-order valence-electron chi connectivity index (χ0n) is 21.0. The van der Waals surface area contributed by atoms with Gasteiger partial charge in [-0.1, -0.05) is 41.9 Å². The number of ether oxygens (including phenoxy) is 1. The van der Waals surface area contributed by atoms with Gasteiger partial charge in [0, 0.05) is 47.8 Å². The highest BCUT2D eigenvalue weighted by molar-refractivity contribution is 6.36. The molecule has 2 aliphatic rings. The molecule has 37 heavy (non-hydrogen) atoms. The van der Waals surface area contributed by atoms with Crippen LogP contribution in [0, 0.1) is 5.82 Å². The van der Waals surface area contributed by atoms with Gasteiger partial charge in [0.25, 0.3) is 0 Å². The first-order valence-electron chi connectivity index (χ1n) is 12.8. The lowest BCUT2D eigenvalue weighted by molar-refractivity contribution is 0.188. The molecule has 2 aromatic heterocycles. The Balaban J connectivity index is 1.48. The maximum absolute atomic E-state index is 16.3. The van der Waals surface area contributed by atoms with E-state index in [1.165, 1.54) is 0 Å². The molecular weight excluding hydrogens is 491 g/mol. The number of hydrogen-bond donors (Lipinski definition) is 1. The Bertz CT molecular complexity index is 1450. The van der Waals surface area contributed by atoms with E-state index < -0.39 is 5.82 Å². The summed E-state index contributed by atoms with van der Waals surface area (Å²) < 4.78 is 22.4. The van der Waals surface area contributed by atoms with E-state index in [2.05, 4.69) is 32.1 Å². The van der Waals surface area contributed by atoms with Crippen LogP contribution in [0.4, 0.5) is 10.2 Å². The second-order valence-electron chi connectivity index (χ2n) is 10.0. The number of benzene rings is 2. The van der Waals surface area contributed by atoms with Crippen LogP contribution >= 0.6 is 11.6 Å². The minimum Gasteiger partial charge on any atom is -0.462 e. The molecule has 0 spiro atoms. The molecule has 1 N–H and O–H groups in total. The van der Waals surface area contributed by atoms with Crippen LogP contribution in [0.1, 0.15) is 19.3 Å². The van der Waals surface area contributed by atoms with Crippen molar-refractivity contribution in [2.24, 2.45) is 0 Å². The molecule has 0 radical (unpaired) electrons. The van der Waals surface area contributed by atoms with Crippen molar-refractivity contribution in [2.45, 2.75) is 31.3 Å². The van der Waals surface area contributed by atoms with Crippen LogP contribution in [0.25, 0.3) is 32.9 Å². The molecule has 0 amide bonds. The van der Waals surface area contributed by atoms with E-state index in [9.17, 15) is 0 Å². The lowest BCUT2D eigenvalue weighted by Crippen LogP contribution is -2.34. The minimum atomic E-state index is -0.505. The molecule has 4 heterocycles. The van der Waals surface area contributed by atoms with Gasteiger partial charge in [-0.3, -0.25) is 4.98 Å². The molecule has 2 saturated heterocycles. The summed E-state index contributed by atoms with van der Waals surface area (Å²) in [6.07, 6.45) is 4.86. The summed E-state index contributed by atoms with van der Waals surface area (Å²) in [5.74, 6) is 0.122. The lowest BCUT2D eigenvalue weighted by Gasteiger charge is -2.26. The number of fused-ring (bicyclic) bond motifs is 2. The summed E-state index contributed by atoms with van der Waals surface area (Å²) in [6.45, 7) is 3.29. The van der Waals surface area contributed by atoms with Gasteiger partial charge in [-0.25, -0.2) is 4.39 Å². The van der Waals surface area contributed by atoms with Crippen molar-refractivity contribution in [1.82, 2.24) is 25.2 Å². The summed E-state index contributed by atoms with van der Waals surface area (Å²) >= 11 is 6.55. The Morgan fingerprint density at radius 1 is 1.19 bits per heavy atom. The summed E-state index contributed by atoms with van der Waals surface area (Å²) in [6, 6.07) is 12.1. The molecule has 6 rings (SSSR count). The van der Waals surface area contributed by atoms with Crippen LogP contribution in [-0.2, 0) is 0 Å². The maximum atomic E-state index is 16.3. The topological polar surface area (TPSA) is 66.4 Å². The molecule has 192 valence electrons. The first-order valence-corrected chi connectivity index (χ1v) is 13.2. The fourth-order valence-electron chi connectivity index (χ4n) is 5.54. The van der Waals surface area contributed by atoms with E-state index in [0.29, 0.717) is 34.4 Å². The first kappa shape index (κ1) is 24.3. The Morgan fingerprint density at radius 2 is 2.03 bits per heavy atom. The molecular formula is C28H30ClFN6O. The van der Waals surface area contributed by atoms with Crippen LogP contribution in [0.15, 0.2) is 42.6 Å². The van der Waals surface area contributed by atoms with E-state index in [1.807, 2.05) is 43.4 Å². The zero-order chi connectivity index (χ0) is 25.5. The second-order valence-corrected chi connectivity index (χ2v) is 10.4. The Labute approximate surface area is 220 Å². The fourth-order valence-corrected chi connectivity index (χ4v) is 5.82. The Hall–Kier alpha value is -3.07. The molecule has 0 bridgehead atoms. The molecule has 0 unspecified atom stereocenters. The normalized spacial score (nSPS) is 20.2. The summed E-state index contributed by atoms with van der Waals surface area (Å²) in [7, 11) is 4.09. The van der Waals surface area contributed by atoms with Crippen molar-refractivity contribution in [1.29, 1.82) is 0 Å². The highest BCUT2D eigenvalue weighted by Crippen LogP contribution is 2.37. The molecule has 7 nitrogen and oxygen atoms in total. The molecule has 2 aliphatic heterocycles. The number of pyridine rings is 1. The average molecular weight is 521 g/mol. The van der Waals surface area contributed by atoms with Crippen LogP contribution in [0.5, 0.6) is 6.01 Å². The smallest absolute Gasteiger partial charge is 0.319 e. The maximum Gasteiger partial charge on any atom is 0.319 e. The van der Waals surface area contributed by atoms with Gasteiger partial charge >= 0.3 is 6.01 Å². The van der Waals surface area contributed by atoms with E-state index in [4.69, 9.17) is 21.3 Å². The summed E-state index contributed by atoms with van der Waals surface area (Å²) in [4.78, 5) is 18.3. The van der Waals surface area contributed by atoms with Crippen molar-refractivity contribution in [3.63, 3.8) is 0 Å². The Morgan fingerprint density at radius 3 is 2.78 bits per heavy atom. The molecule has 4 aromatic rings. The predicted molar refractivity (Wildman–Crippen MR) is 146 cm³/mol. The lowest BCUT2D eigenvalue weighted by atomic mass is 10.0. The van der Waals surface area contributed by atoms with Crippen molar-refractivity contribution in [3.8, 4) is 17.3 Å². The van der Waals surface area contributed by atoms with Crippen molar-refractivity contribution in [3.05, 3.63) is 53.4 Å². The van der Waals surface area contributed by atoms with E-state index in [1.54, 1.807) is 6.20 Å². The number of rotatable bonds is 6. The number of nitrogens with one attached hydrogen (secondary N) is 1. The van der Waals surface area contributed by atoms with E-state index in [-0.39, 0.29) is 23.3 Å². The number of anilines is 1. The monoisotopic (exact) mass is 520 g/mol. The molecule has 2 atom stereocenters. The SMILES string of the molecule is CN1CCC[C@H]1COc1nc(N(C)[C@@H]2CCNC2)c2cnc(-c3cccc4cccc(Cl)c34)c(F)c2n1. The molecule has 0 saturated carbocycles. The predicted octanol–water partition coefficient (Wildman–Crippen LogP) is 4.91. The van der Waals surface area contributed by atoms with Gasteiger partial charge in [0.15, 0.2) is 5.82 Å². The van der Waals surface area contributed by atoms with Crippen molar-refractivity contribution < 1.29 is 9.13 Å². The number of aromatic nitrogens is 3. The van der Waals surface area contributed by atoms with Gasteiger partial charge in [0.1, 0.15) is 23.6 Å². The highest BCUT2D eigenvalue weighted by Gasteiger charge is 2.27. The standard InChI is InChI=1S/C28H30ClFN6O/c1-35-13-5-8-19(35)16-37-28-33-26-21(27(34-28)36(2)18-11-12-31-14-18)15-32-25(24(26)30)20-9-3-6-17-7-4-10-22(29)23(17)20/h3-4,6-7,9-10,15,18-19,31H,5,8,11-14,16H2,1-2H3/t18-,19+/m1/s1. The van der Waals surface area contributed by atoms with Gasteiger partial charge in [0.2, 0.25) is 0 Å². The van der Waals surface area contributed by atoms with Crippen LogP contribution < -0.4 is 15.0 Å². The minimum absolute atomic E-state index is 0.188. The molecule has 2 fully saturated rings. The van der Waals surface area contributed by atoms with Crippen LogP contribution in [0.2, 0.25) is 5.02 Å². The van der Waals surface area contributed by atoms with E-state index in [0.717, 1.165) is 49.7 Å². The third kappa shape index (κ3) is 4.47. The highest BCUT2D eigenvalue weighted by atomic mass is 35.5. The number of likely N-dealkylation sites (tertiary alicyclic amines) is 1. The van der Waals surface area contributed by atoms with Crippen LogP contribution in [0.3, 0.4) is 0 Å². The van der Waals surface area contributed by atoms with Gasteiger partial charge < -0.3 is 19.9 Å². The van der Waals surface area contributed by atoms with E-state index >= 15 is 4.39 Å². The van der Waals surface area contributed by atoms with Gasteiger partial charge in [0.05, 0.1) is 5.39 Å². The Kier molecular flexibility index (Phi) is 6.56. The van der Waals surface area contributed by atoms with Gasteiger partial charge in [-0.05, 0) is 50.9 Å². The van der Waals surface area contributed by atoms with Crippen LogP contribution in [-0.4, -0.2) is 72.3 Å². The second kappa shape index (κ2) is 10.0. The number of halogens is 2.